The molecule has 2 atom stereocenters. The third kappa shape index (κ3) is 2.60. The molecule has 2 heterocycles. The fourth-order valence-corrected chi connectivity index (χ4v) is 3.65. The summed E-state index contributed by atoms with van der Waals surface area (Å²) < 4.78 is 5.34. The van der Waals surface area contributed by atoms with Gasteiger partial charge in [0.05, 0.1) is 11.6 Å². The van der Waals surface area contributed by atoms with E-state index in [4.69, 9.17) is 4.74 Å². The fraction of sp³-hybridized carbons (Fsp3) is 0.471. The lowest BCUT2D eigenvalue weighted by atomic mass is 9.92. The number of aliphatic carboxylic acids is 1. The van der Waals surface area contributed by atoms with Crippen molar-refractivity contribution in [2.24, 2.45) is 17.8 Å². The van der Waals surface area contributed by atoms with Crippen molar-refractivity contribution in [3.8, 4) is 5.75 Å². The molecule has 2 amide bonds. The summed E-state index contributed by atoms with van der Waals surface area (Å²) >= 11 is 0. The normalized spacial score (nSPS) is 25.7. The van der Waals surface area contributed by atoms with E-state index in [0.29, 0.717) is 29.5 Å². The van der Waals surface area contributed by atoms with Crippen LogP contribution < -0.4 is 10.1 Å². The highest BCUT2D eigenvalue weighted by Crippen LogP contribution is 2.44. The number of hydrogen-bond donors (Lipinski definition) is 2. The molecule has 1 aliphatic carbocycles. The minimum atomic E-state index is -0.821. The van der Waals surface area contributed by atoms with Gasteiger partial charge in [-0.25, -0.2) is 0 Å². The Morgan fingerprint density at radius 1 is 1.25 bits per heavy atom. The van der Waals surface area contributed by atoms with Crippen LogP contribution in [0.5, 0.6) is 5.75 Å². The third-order valence-electron chi connectivity index (χ3n) is 5.06. The highest BCUT2D eigenvalue weighted by Gasteiger charge is 2.47. The second-order valence-electron chi connectivity index (χ2n) is 6.70. The van der Waals surface area contributed by atoms with Crippen molar-refractivity contribution in [1.29, 1.82) is 0 Å². The molecular formula is C17H18N2O5. The number of nitrogens with zero attached hydrogens (tertiary/aromatic N) is 1. The van der Waals surface area contributed by atoms with Crippen LogP contribution in [-0.4, -0.2) is 47.5 Å². The molecule has 2 aliphatic heterocycles. The Labute approximate surface area is 138 Å². The predicted octanol–water partition coefficient (Wildman–Crippen LogP) is 1.20. The largest absolute Gasteiger partial charge is 0.482 e. The molecule has 1 aromatic rings. The van der Waals surface area contributed by atoms with Gasteiger partial charge in [-0.3, -0.25) is 14.4 Å². The maximum Gasteiger partial charge on any atom is 0.308 e. The average molecular weight is 330 g/mol. The minimum Gasteiger partial charge on any atom is -0.482 e. The number of nitrogens with one attached hydrogen (secondary N) is 1. The van der Waals surface area contributed by atoms with Crippen LogP contribution in [0.2, 0.25) is 0 Å². The van der Waals surface area contributed by atoms with Crippen LogP contribution in [0.3, 0.4) is 0 Å². The van der Waals surface area contributed by atoms with E-state index in [1.165, 1.54) is 0 Å². The van der Waals surface area contributed by atoms with Crippen LogP contribution in [0.25, 0.3) is 0 Å². The summed E-state index contributed by atoms with van der Waals surface area (Å²) in [7, 11) is 0. The molecule has 1 aromatic carbocycles. The molecule has 0 bridgehead atoms. The number of fused-ring (bicyclic) bond motifs is 1. The zero-order chi connectivity index (χ0) is 16.8. The Morgan fingerprint density at radius 3 is 2.75 bits per heavy atom. The summed E-state index contributed by atoms with van der Waals surface area (Å²) in [6.07, 6.45) is 2.12. The van der Waals surface area contributed by atoms with Gasteiger partial charge in [-0.1, -0.05) is 0 Å². The molecule has 0 spiro atoms. The first kappa shape index (κ1) is 15.0. The summed E-state index contributed by atoms with van der Waals surface area (Å²) in [5.41, 5.74) is 0.994. The summed E-state index contributed by atoms with van der Waals surface area (Å²) in [4.78, 5) is 37.1. The molecule has 1 saturated carbocycles. The molecule has 0 radical (unpaired) electrons. The van der Waals surface area contributed by atoms with E-state index in [0.717, 1.165) is 12.8 Å². The lowest BCUT2D eigenvalue weighted by Gasteiger charge is -2.20. The second kappa shape index (κ2) is 5.51. The average Bonchev–Trinajstić information content (AvgIpc) is 3.31. The first-order valence-electron chi connectivity index (χ1n) is 8.11. The molecule has 7 heteroatoms. The summed E-state index contributed by atoms with van der Waals surface area (Å²) in [5.74, 6) is -0.752. The summed E-state index contributed by atoms with van der Waals surface area (Å²) in [6, 6.07) is 4.89. The molecule has 3 aliphatic rings. The van der Waals surface area contributed by atoms with Gasteiger partial charge in [0.15, 0.2) is 6.61 Å². The van der Waals surface area contributed by atoms with E-state index >= 15 is 0 Å². The van der Waals surface area contributed by atoms with Crippen LogP contribution in [0, 0.1) is 17.8 Å². The molecule has 4 rings (SSSR count). The molecule has 7 nitrogen and oxygen atoms in total. The number of hydrogen-bond acceptors (Lipinski definition) is 4. The number of benzene rings is 1. The number of carbonyl (C=O) groups is 3. The number of carboxylic acids is 1. The van der Waals surface area contributed by atoms with Gasteiger partial charge in [0.1, 0.15) is 5.75 Å². The first-order valence-corrected chi connectivity index (χ1v) is 8.11. The monoisotopic (exact) mass is 330 g/mol. The standard InChI is InChI=1S/C17H18N2O5/c20-15-8-24-14-5-10(3-4-13(14)18-15)16(21)19-6-11(9-1-2-9)12(7-19)17(22)23/h3-5,9,11-12H,1-2,6-8H2,(H,18,20)(H,22,23)/t11-,12+/m1/s1. The Bertz CT molecular complexity index is 728. The maximum absolute atomic E-state index is 12.7. The van der Waals surface area contributed by atoms with Crippen LogP contribution in [0.4, 0.5) is 5.69 Å². The van der Waals surface area contributed by atoms with Gasteiger partial charge in [-0.2, -0.15) is 0 Å². The molecule has 2 N–H and O–H groups in total. The molecule has 126 valence electrons. The molecule has 1 saturated heterocycles. The van der Waals surface area contributed by atoms with Gasteiger partial charge in [0.25, 0.3) is 11.8 Å². The summed E-state index contributed by atoms with van der Waals surface area (Å²) in [5, 5.41) is 12.1. The third-order valence-corrected chi connectivity index (χ3v) is 5.06. The van der Waals surface area contributed by atoms with Crippen molar-refractivity contribution in [2.75, 3.05) is 25.0 Å². The number of ether oxygens (including phenoxy) is 1. The Hall–Kier alpha value is -2.57. The van der Waals surface area contributed by atoms with Crippen LogP contribution >= 0.6 is 0 Å². The lowest BCUT2D eigenvalue weighted by molar-refractivity contribution is -0.142. The van der Waals surface area contributed by atoms with Crippen LogP contribution in [0.15, 0.2) is 18.2 Å². The number of carboxylic acid groups (broad SMARTS) is 1. The zero-order valence-electron chi connectivity index (χ0n) is 13.0. The van der Waals surface area contributed by atoms with Gasteiger partial charge in [0, 0.05) is 18.7 Å². The number of anilines is 1. The van der Waals surface area contributed by atoms with Gasteiger partial charge < -0.3 is 20.1 Å². The first-order chi connectivity index (χ1) is 11.5. The topological polar surface area (TPSA) is 95.9 Å². The predicted molar refractivity (Wildman–Crippen MR) is 83.8 cm³/mol. The minimum absolute atomic E-state index is 0.0552. The van der Waals surface area contributed by atoms with Crippen molar-refractivity contribution >= 4 is 23.5 Å². The summed E-state index contributed by atoms with van der Waals surface area (Å²) in [6.45, 7) is 0.679. The number of amides is 2. The van der Waals surface area contributed by atoms with E-state index in [2.05, 4.69) is 5.32 Å². The van der Waals surface area contributed by atoms with Crippen molar-refractivity contribution in [2.45, 2.75) is 12.8 Å². The Morgan fingerprint density at radius 2 is 2.04 bits per heavy atom. The smallest absolute Gasteiger partial charge is 0.308 e. The molecule has 24 heavy (non-hydrogen) atoms. The van der Waals surface area contributed by atoms with E-state index in [9.17, 15) is 19.5 Å². The van der Waals surface area contributed by atoms with Crippen molar-refractivity contribution < 1.29 is 24.2 Å². The zero-order valence-corrected chi connectivity index (χ0v) is 13.0. The lowest BCUT2D eigenvalue weighted by Crippen LogP contribution is -2.30. The Balaban J connectivity index is 1.53. The molecule has 0 unspecified atom stereocenters. The SMILES string of the molecule is O=C1COc2cc(C(=O)N3C[C@H](C(=O)O)[C@@H](C4CC4)C3)ccc2N1. The van der Waals surface area contributed by atoms with Crippen molar-refractivity contribution in [3.63, 3.8) is 0 Å². The van der Waals surface area contributed by atoms with Crippen LogP contribution in [0.1, 0.15) is 23.2 Å². The number of rotatable bonds is 3. The van der Waals surface area contributed by atoms with Gasteiger partial charge in [0.2, 0.25) is 0 Å². The molecule has 2 fully saturated rings. The van der Waals surface area contributed by atoms with E-state index in [-0.39, 0.29) is 30.9 Å². The van der Waals surface area contributed by atoms with Gasteiger partial charge >= 0.3 is 5.97 Å². The highest BCUT2D eigenvalue weighted by molar-refractivity contribution is 5.99. The van der Waals surface area contributed by atoms with Gasteiger partial charge in [-0.15, -0.1) is 0 Å². The van der Waals surface area contributed by atoms with Gasteiger partial charge in [-0.05, 0) is 42.9 Å². The van der Waals surface area contributed by atoms with E-state index in [1.54, 1.807) is 23.1 Å². The van der Waals surface area contributed by atoms with Crippen molar-refractivity contribution in [3.05, 3.63) is 23.8 Å². The fourth-order valence-electron chi connectivity index (χ4n) is 3.65. The quantitative estimate of drug-likeness (QED) is 0.868. The highest BCUT2D eigenvalue weighted by atomic mass is 16.5. The maximum atomic E-state index is 12.7. The van der Waals surface area contributed by atoms with E-state index < -0.39 is 11.9 Å². The number of carbonyl (C=O) groups excluding carboxylic acids is 2. The van der Waals surface area contributed by atoms with Crippen LogP contribution in [-0.2, 0) is 9.59 Å². The van der Waals surface area contributed by atoms with Crippen molar-refractivity contribution in [1.82, 2.24) is 4.90 Å². The molecular weight excluding hydrogens is 312 g/mol. The number of likely N-dealkylation sites (tertiary alicyclic amines) is 1. The molecule has 0 aromatic heterocycles. The Kier molecular flexibility index (Phi) is 3.44. The van der Waals surface area contributed by atoms with E-state index in [1.807, 2.05) is 0 Å². The second-order valence-corrected chi connectivity index (χ2v) is 6.70.